The molecular formula is C10H13BBrF3O5SSi. The van der Waals surface area contributed by atoms with Crippen LogP contribution in [0.1, 0.15) is 0 Å². The van der Waals surface area contributed by atoms with Crippen LogP contribution in [0.15, 0.2) is 16.6 Å². The van der Waals surface area contributed by atoms with Crippen LogP contribution in [-0.2, 0) is 10.1 Å². The predicted molar refractivity (Wildman–Crippen MR) is 82.6 cm³/mol. The zero-order valence-corrected chi connectivity index (χ0v) is 15.2. The van der Waals surface area contributed by atoms with E-state index in [9.17, 15) is 31.6 Å². The summed E-state index contributed by atoms with van der Waals surface area (Å²) in [5, 5.41) is 18.6. The van der Waals surface area contributed by atoms with Crippen LogP contribution in [0.4, 0.5) is 13.2 Å². The van der Waals surface area contributed by atoms with Crippen molar-refractivity contribution in [2.24, 2.45) is 0 Å². The van der Waals surface area contributed by atoms with E-state index in [4.69, 9.17) is 0 Å². The van der Waals surface area contributed by atoms with E-state index in [1.807, 2.05) is 0 Å². The molecule has 22 heavy (non-hydrogen) atoms. The number of halogens is 4. The van der Waals surface area contributed by atoms with E-state index in [1.54, 1.807) is 19.6 Å². The lowest BCUT2D eigenvalue weighted by Crippen LogP contribution is -2.44. The third kappa shape index (κ3) is 4.25. The Balaban J connectivity index is 3.55. The summed E-state index contributed by atoms with van der Waals surface area (Å²) in [5.41, 5.74) is -5.54. The molecule has 0 spiro atoms. The lowest BCUT2D eigenvalue weighted by molar-refractivity contribution is -0.0500. The van der Waals surface area contributed by atoms with E-state index in [1.165, 1.54) is 6.07 Å². The van der Waals surface area contributed by atoms with E-state index in [0.29, 0.717) is 0 Å². The van der Waals surface area contributed by atoms with Gasteiger partial charge in [-0.3, -0.25) is 0 Å². The molecule has 0 atom stereocenters. The fourth-order valence-corrected chi connectivity index (χ4v) is 4.45. The van der Waals surface area contributed by atoms with E-state index in [2.05, 4.69) is 20.1 Å². The highest BCUT2D eigenvalue weighted by Crippen LogP contribution is 2.31. The molecule has 0 aliphatic rings. The van der Waals surface area contributed by atoms with Gasteiger partial charge in [-0.1, -0.05) is 25.7 Å². The molecule has 0 bridgehead atoms. The molecule has 0 amide bonds. The summed E-state index contributed by atoms with van der Waals surface area (Å²) in [7, 11) is -10.0. The zero-order chi connectivity index (χ0) is 17.5. The first-order chi connectivity index (χ1) is 9.67. The summed E-state index contributed by atoms with van der Waals surface area (Å²) in [4.78, 5) is 0. The highest BCUT2D eigenvalue weighted by atomic mass is 79.9. The van der Waals surface area contributed by atoms with Crippen LogP contribution in [0.25, 0.3) is 0 Å². The van der Waals surface area contributed by atoms with E-state index < -0.39 is 36.6 Å². The highest BCUT2D eigenvalue weighted by molar-refractivity contribution is 9.10. The molecule has 0 unspecified atom stereocenters. The number of hydrogen-bond acceptors (Lipinski definition) is 5. The molecule has 0 heterocycles. The van der Waals surface area contributed by atoms with Crippen LogP contribution in [0.5, 0.6) is 5.75 Å². The van der Waals surface area contributed by atoms with Crippen molar-refractivity contribution in [3.05, 3.63) is 16.6 Å². The predicted octanol–water partition coefficient (Wildman–Crippen LogP) is 0.902. The van der Waals surface area contributed by atoms with Crippen molar-refractivity contribution in [3.8, 4) is 5.75 Å². The first-order valence-corrected chi connectivity index (χ1v) is 11.6. The van der Waals surface area contributed by atoms with Crippen molar-refractivity contribution in [2.45, 2.75) is 25.1 Å². The van der Waals surface area contributed by atoms with Gasteiger partial charge in [-0.25, -0.2) is 0 Å². The van der Waals surface area contributed by atoms with Gasteiger partial charge >= 0.3 is 22.7 Å². The van der Waals surface area contributed by atoms with Crippen molar-refractivity contribution in [2.75, 3.05) is 0 Å². The van der Waals surface area contributed by atoms with Crippen LogP contribution in [0.3, 0.4) is 0 Å². The Hall–Kier alpha value is -0.558. The first kappa shape index (κ1) is 19.5. The second kappa shape index (κ2) is 6.15. The van der Waals surface area contributed by atoms with Crippen LogP contribution in [0, 0.1) is 0 Å². The maximum Gasteiger partial charge on any atom is 0.534 e. The Morgan fingerprint density at radius 3 is 2.09 bits per heavy atom. The Morgan fingerprint density at radius 2 is 1.73 bits per heavy atom. The lowest BCUT2D eigenvalue weighted by Gasteiger charge is -2.23. The fourth-order valence-electron chi connectivity index (χ4n) is 1.56. The van der Waals surface area contributed by atoms with Crippen molar-refractivity contribution < 1.29 is 35.8 Å². The third-order valence-corrected chi connectivity index (χ3v) is 6.18. The smallest absolute Gasteiger partial charge is 0.423 e. The van der Waals surface area contributed by atoms with Crippen LogP contribution in [0.2, 0.25) is 19.6 Å². The van der Waals surface area contributed by atoms with Gasteiger partial charge in [0.2, 0.25) is 0 Å². The molecule has 0 saturated heterocycles. The minimum absolute atomic E-state index is 0.0149. The Kier molecular flexibility index (Phi) is 5.45. The highest BCUT2D eigenvalue weighted by Gasteiger charge is 2.49. The maximum atomic E-state index is 12.5. The molecule has 0 saturated carbocycles. The van der Waals surface area contributed by atoms with Crippen molar-refractivity contribution in [3.63, 3.8) is 0 Å². The quantitative estimate of drug-likeness (QED) is 0.429. The van der Waals surface area contributed by atoms with Gasteiger partial charge in [0, 0.05) is 0 Å². The molecule has 0 radical (unpaired) electrons. The monoisotopic (exact) mass is 420 g/mol. The molecule has 0 aliphatic carbocycles. The van der Waals surface area contributed by atoms with Crippen LogP contribution < -0.4 is 14.8 Å². The van der Waals surface area contributed by atoms with E-state index in [-0.39, 0.29) is 15.1 Å². The molecule has 0 aliphatic heterocycles. The number of rotatable bonds is 4. The topological polar surface area (TPSA) is 83.8 Å². The summed E-state index contributed by atoms with van der Waals surface area (Å²) in [6.07, 6.45) is 0. The summed E-state index contributed by atoms with van der Waals surface area (Å²) < 4.78 is 64.1. The minimum Gasteiger partial charge on any atom is -0.423 e. The van der Waals surface area contributed by atoms with Crippen molar-refractivity contribution in [1.82, 2.24) is 0 Å². The summed E-state index contributed by atoms with van der Waals surface area (Å²) in [6.45, 7) is 5.24. The summed E-state index contributed by atoms with van der Waals surface area (Å²) in [6, 6.07) is 2.33. The Morgan fingerprint density at radius 1 is 1.23 bits per heavy atom. The zero-order valence-electron chi connectivity index (χ0n) is 11.8. The normalized spacial score (nSPS) is 13.1. The number of benzene rings is 1. The largest absolute Gasteiger partial charge is 0.534 e. The number of hydrogen-bond donors (Lipinski definition) is 2. The molecular weight excluding hydrogens is 408 g/mol. The number of alkyl halides is 3. The SMILES string of the molecule is C[Si](C)(C)c1cc(B(O)O)cc(Br)c1OS(=O)(=O)C(F)(F)F. The molecule has 0 aromatic heterocycles. The van der Waals surface area contributed by atoms with Gasteiger partial charge in [0.05, 0.1) is 12.5 Å². The van der Waals surface area contributed by atoms with Gasteiger partial charge in [0.25, 0.3) is 0 Å². The van der Waals surface area contributed by atoms with Crippen LogP contribution >= 0.6 is 15.9 Å². The molecule has 12 heteroatoms. The second-order valence-corrected chi connectivity index (χ2v) is 12.9. The molecule has 1 rings (SSSR count). The maximum absolute atomic E-state index is 12.5. The average Bonchev–Trinajstić information content (AvgIpc) is 2.27. The van der Waals surface area contributed by atoms with E-state index >= 15 is 0 Å². The Labute approximate surface area is 135 Å². The molecule has 124 valence electrons. The molecule has 1 aromatic rings. The molecule has 5 nitrogen and oxygen atoms in total. The third-order valence-electron chi connectivity index (χ3n) is 2.65. The molecule has 0 fully saturated rings. The van der Waals surface area contributed by atoms with Gasteiger partial charge in [-0.15, -0.1) is 0 Å². The molecule has 2 N–H and O–H groups in total. The van der Waals surface area contributed by atoms with E-state index in [0.717, 1.165) is 6.07 Å². The van der Waals surface area contributed by atoms with Crippen molar-refractivity contribution >= 4 is 51.9 Å². The van der Waals surface area contributed by atoms with Crippen LogP contribution in [-0.4, -0.2) is 39.2 Å². The first-order valence-electron chi connectivity index (χ1n) is 5.87. The van der Waals surface area contributed by atoms with Gasteiger partial charge < -0.3 is 14.2 Å². The van der Waals surface area contributed by atoms with Gasteiger partial charge in [-0.2, -0.15) is 21.6 Å². The lowest BCUT2D eigenvalue weighted by atomic mass is 9.80. The molecule has 1 aromatic carbocycles. The summed E-state index contributed by atoms with van der Waals surface area (Å²) in [5.74, 6) is -0.485. The van der Waals surface area contributed by atoms with Gasteiger partial charge in [-0.05, 0) is 32.6 Å². The van der Waals surface area contributed by atoms with Gasteiger partial charge in [0.1, 0.15) is 0 Å². The minimum atomic E-state index is -5.82. The summed E-state index contributed by atoms with van der Waals surface area (Å²) >= 11 is 2.92. The second-order valence-electron chi connectivity index (χ2n) is 5.49. The van der Waals surface area contributed by atoms with Gasteiger partial charge in [0.15, 0.2) is 5.75 Å². The average molecular weight is 421 g/mol. The standard InChI is InChI=1S/C10H13BBrF3O5SSi/c1-22(2,3)8-5-6(11(16)17)4-7(12)9(8)20-21(18,19)10(13,14)15/h4-5,16-17H,1-3H3. The fraction of sp³-hybridized carbons (Fsp3) is 0.400. The Bertz CT molecular complexity index is 672. The van der Waals surface area contributed by atoms with Crippen molar-refractivity contribution in [1.29, 1.82) is 0 Å².